The zero-order valence-electron chi connectivity index (χ0n) is 17.0. The molecule has 1 unspecified atom stereocenters. The summed E-state index contributed by atoms with van der Waals surface area (Å²) in [6, 6.07) is 5.79. The highest BCUT2D eigenvalue weighted by molar-refractivity contribution is 5.95. The molecule has 1 aromatic rings. The first kappa shape index (κ1) is 21.4. The molecule has 2 N–H and O–H groups in total. The van der Waals surface area contributed by atoms with E-state index in [0.29, 0.717) is 13.2 Å². The Bertz CT molecular complexity index is 619. The van der Waals surface area contributed by atoms with Gasteiger partial charge in [0.25, 0.3) is 0 Å². The number of nitrogens with one attached hydrogen (secondary N) is 2. The van der Waals surface area contributed by atoms with Gasteiger partial charge in [0.05, 0.1) is 6.04 Å². The minimum Gasteiger partial charge on any atom is -0.385 e. The van der Waals surface area contributed by atoms with Crippen molar-refractivity contribution < 1.29 is 14.3 Å². The molecule has 1 heterocycles. The number of amides is 2. The van der Waals surface area contributed by atoms with Gasteiger partial charge in [-0.15, -0.1) is 0 Å². The predicted octanol–water partition coefficient (Wildman–Crippen LogP) is 2.50. The number of para-hydroxylation sites is 1. The largest absolute Gasteiger partial charge is 0.385 e. The summed E-state index contributed by atoms with van der Waals surface area (Å²) in [7, 11) is 1.66. The number of methoxy groups -OCH3 is 1. The van der Waals surface area contributed by atoms with Crippen molar-refractivity contribution in [1.82, 2.24) is 10.2 Å². The second-order valence-corrected chi connectivity index (χ2v) is 7.38. The second kappa shape index (κ2) is 10.4. The molecule has 1 saturated heterocycles. The van der Waals surface area contributed by atoms with Gasteiger partial charge in [-0.25, -0.2) is 0 Å². The lowest BCUT2D eigenvalue weighted by Gasteiger charge is -2.35. The van der Waals surface area contributed by atoms with E-state index in [9.17, 15) is 9.59 Å². The quantitative estimate of drug-likeness (QED) is 0.685. The average molecular weight is 376 g/mol. The van der Waals surface area contributed by atoms with Gasteiger partial charge < -0.3 is 15.4 Å². The molecule has 0 radical (unpaired) electrons. The number of hydrogen-bond acceptors (Lipinski definition) is 4. The Morgan fingerprint density at radius 3 is 2.44 bits per heavy atom. The SMILES string of the molecule is COCCCNC(=O)C1CCN(C(C)C(=O)Nc2c(C)cccc2C)CC1. The van der Waals surface area contributed by atoms with Gasteiger partial charge in [-0.2, -0.15) is 0 Å². The van der Waals surface area contributed by atoms with E-state index in [1.807, 2.05) is 39.0 Å². The number of likely N-dealkylation sites (tertiary alicyclic amines) is 1. The van der Waals surface area contributed by atoms with E-state index in [2.05, 4.69) is 15.5 Å². The van der Waals surface area contributed by atoms with E-state index in [0.717, 1.165) is 49.2 Å². The number of rotatable bonds is 8. The Hall–Kier alpha value is -1.92. The van der Waals surface area contributed by atoms with Crippen LogP contribution in [0, 0.1) is 19.8 Å². The molecule has 1 atom stereocenters. The Morgan fingerprint density at radius 1 is 1.22 bits per heavy atom. The van der Waals surface area contributed by atoms with Crippen molar-refractivity contribution in [3.8, 4) is 0 Å². The number of benzene rings is 1. The fourth-order valence-electron chi connectivity index (χ4n) is 3.53. The molecular formula is C21H33N3O3. The maximum absolute atomic E-state index is 12.7. The summed E-state index contributed by atoms with van der Waals surface area (Å²) in [4.78, 5) is 27.1. The first-order valence-corrected chi connectivity index (χ1v) is 9.81. The second-order valence-electron chi connectivity index (χ2n) is 7.38. The van der Waals surface area contributed by atoms with Crippen LogP contribution in [0.4, 0.5) is 5.69 Å². The van der Waals surface area contributed by atoms with Gasteiger partial charge in [-0.3, -0.25) is 14.5 Å². The van der Waals surface area contributed by atoms with E-state index in [1.54, 1.807) is 7.11 Å². The first-order valence-electron chi connectivity index (χ1n) is 9.81. The molecule has 6 heteroatoms. The monoisotopic (exact) mass is 375 g/mol. The summed E-state index contributed by atoms with van der Waals surface area (Å²) in [6.07, 6.45) is 2.41. The number of hydrogen-bond donors (Lipinski definition) is 2. The molecule has 0 bridgehead atoms. The van der Waals surface area contributed by atoms with Crippen LogP contribution in [0.15, 0.2) is 18.2 Å². The highest BCUT2D eigenvalue weighted by Crippen LogP contribution is 2.22. The number of ether oxygens (including phenoxy) is 1. The minimum absolute atomic E-state index is 0.00914. The molecule has 2 amide bonds. The Morgan fingerprint density at radius 2 is 1.85 bits per heavy atom. The fourth-order valence-corrected chi connectivity index (χ4v) is 3.53. The molecule has 0 spiro atoms. The van der Waals surface area contributed by atoms with E-state index in [4.69, 9.17) is 4.74 Å². The van der Waals surface area contributed by atoms with Crippen molar-refractivity contribution in [1.29, 1.82) is 0 Å². The van der Waals surface area contributed by atoms with Crippen LogP contribution in [0.2, 0.25) is 0 Å². The number of carbonyl (C=O) groups is 2. The van der Waals surface area contributed by atoms with Gasteiger partial charge in [-0.1, -0.05) is 18.2 Å². The van der Waals surface area contributed by atoms with Crippen LogP contribution in [0.1, 0.15) is 37.3 Å². The lowest BCUT2D eigenvalue weighted by atomic mass is 9.95. The predicted molar refractivity (Wildman–Crippen MR) is 108 cm³/mol. The third-order valence-corrected chi connectivity index (χ3v) is 5.38. The van der Waals surface area contributed by atoms with Crippen molar-refractivity contribution in [2.24, 2.45) is 5.92 Å². The number of piperidine rings is 1. The Kier molecular flexibility index (Phi) is 8.25. The highest BCUT2D eigenvalue weighted by atomic mass is 16.5. The van der Waals surface area contributed by atoms with Crippen LogP contribution in [0.3, 0.4) is 0 Å². The van der Waals surface area contributed by atoms with Crippen molar-refractivity contribution in [2.45, 2.75) is 46.1 Å². The smallest absolute Gasteiger partial charge is 0.241 e. The molecule has 1 aromatic carbocycles. The van der Waals surface area contributed by atoms with Crippen LogP contribution in [0.5, 0.6) is 0 Å². The van der Waals surface area contributed by atoms with Crippen LogP contribution >= 0.6 is 0 Å². The zero-order chi connectivity index (χ0) is 19.8. The Labute approximate surface area is 162 Å². The standard InChI is InChI=1S/C21H33N3O3/c1-15-7-5-8-16(2)19(15)23-20(25)17(3)24-12-9-18(10-13-24)21(26)22-11-6-14-27-4/h5,7-8,17-18H,6,9-14H2,1-4H3,(H,22,26)(H,23,25). The summed E-state index contributed by atoms with van der Waals surface area (Å²) < 4.78 is 4.99. The molecule has 0 aromatic heterocycles. The van der Waals surface area contributed by atoms with Gasteiger partial charge in [-0.05, 0) is 64.3 Å². The fraction of sp³-hybridized carbons (Fsp3) is 0.619. The molecule has 150 valence electrons. The topological polar surface area (TPSA) is 70.7 Å². The molecule has 27 heavy (non-hydrogen) atoms. The van der Waals surface area contributed by atoms with Gasteiger partial charge in [0.2, 0.25) is 11.8 Å². The first-order chi connectivity index (χ1) is 12.9. The third-order valence-electron chi connectivity index (χ3n) is 5.38. The zero-order valence-corrected chi connectivity index (χ0v) is 17.0. The van der Waals surface area contributed by atoms with E-state index < -0.39 is 0 Å². The maximum atomic E-state index is 12.7. The lowest BCUT2D eigenvalue weighted by Crippen LogP contribution is -2.48. The minimum atomic E-state index is -0.213. The van der Waals surface area contributed by atoms with Gasteiger partial charge in [0, 0.05) is 31.9 Å². The third kappa shape index (κ3) is 6.04. The van der Waals surface area contributed by atoms with E-state index in [1.165, 1.54) is 0 Å². The number of aryl methyl sites for hydroxylation is 2. The highest BCUT2D eigenvalue weighted by Gasteiger charge is 2.29. The van der Waals surface area contributed by atoms with Crippen LogP contribution in [-0.4, -0.2) is 56.1 Å². The summed E-state index contributed by atoms with van der Waals surface area (Å²) in [5.74, 6) is 0.172. The molecule has 6 nitrogen and oxygen atoms in total. The normalized spacial score (nSPS) is 16.7. The number of nitrogens with zero attached hydrogens (tertiary/aromatic N) is 1. The van der Waals surface area contributed by atoms with Crippen LogP contribution < -0.4 is 10.6 Å². The van der Waals surface area contributed by atoms with Crippen molar-refractivity contribution in [2.75, 3.05) is 38.7 Å². The van der Waals surface area contributed by atoms with E-state index >= 15 is 0 Å². The molecule has 2 rings (SSSR count). The molecule has 0 saturated carbocycles. The van der Waals surface area contributed by atoms with E-state index in [-0.39, 0.29) is 23.8 Å². The Balaban J connectivity index is 1.81. The summed E-state index contributed by atoms with van der Waals surface area (Å²) >= 11 is 0. The van der Waals surface area contributed by atoms with Gasteiger partial charge in [0.15, 0.2) is 0 Å². The van der Waals surface area contributed by atoms with Crippen molar-refractivity contribution in [3.63, 3.8) is 0 Å². The van der Waals surface area contributed by atoms with Crippen molar-refractivity contribution >= 4 is 17.5 Å². The molecule has 0 aliphatic carbocycles. The number of anilines is 1. The van der Waals surface area contributed by atoms with Gasteiger partial charge in [0.1, 0.15) is 0 Å². The van der Waals surface area contributed by atoms with Gasteiger partial charge >= 0.3 is 0 Å². The molecule has 1 aliphatic heterocycles. The summed E-state index contributed by atoms with van der Waals surface area (Å²) in [5.41, 5.74) is 3.04. The molecular weight excluding hydrogens is 342 g/mol. The molecule has 1 aliphatic rings. The molecule has 1 fully saturated rings. The van der Waals surface area contributed by atoms with Crippen LogP contribution in [0.25, 0.3) is 0 Å². The summed E-state index contributed by atoms with van der Waals surface area (Å²) in [6.45, 7) is 8.78. The van der Waals surface area contributed by atoms with Crippen LogP contribution in [-0.2, 0) is 14.3 Å². The average Bonchev–Trinajstić information content (AvgIpc) is 2.67. The number of carbonyl (C=O) groups excluding carboxylic acids is 2. The maximum Gasteiger partial charge on any atom is 0.241 e. The lowest BCUT2D eigenvalue weighted by molar-refractivity contribution is -0.127. The summed E-state index contributed by atoms with van der Waals surface area (Å²) in [5, 5.41) is 6.06. The van der Waals surface area contributed by atoms with Crippen molar-refractivity contribution in [3.05, 3.63) is 29.3 Å².